The van der Waals surface area contributed by atoms with Gasteiger partial charge in [0.15, 0.2) is 0 Å². The lowest BCUT2D eigenvalue weighted by Gasteiger charge is -2.29. The Labute approximate surface area is 136 Å². The zero-order chi connectivity index (χ0) is 18.2. The summed E-state index contributed by atoms with van der Waals surface area (Å²) in [5.41, 5.74) is -1.40. The Morgan fingerprint density at radius 2 is 1.43 bits per heavy atom. The molecule has 0 rings (SSSR count). The minimum absolute atomic E-state index is 0.107. The Morgan fingerprint density at radius 1 is 0.913 bits per heavy atom. The fourth-order valence-corrected chi connectivity index (χ4v) is 2.71. The van der Waals surface area contributed by atoms with Crippen LogP contribution >= 0.6 is 0 Å². The van der Waals surface area contributed by atoms with Gasteiger partial charge < -0.3 is 20.4 Å². The minimum atomic E-state index is -1.40. The summed E-state index contributed by atoms with van der Waals surface area (Å²) in [6.45, 7) is 4.48. The third-order valence-electron chi connectivity index (χ3n) is 4.17. The Bertz CT molecular complexity index is 419. The van der Waals surface area contributed by atoms with Gasteiger partial charge in [-0.15, -0.1) is 0 Å². The van der Waals surface area contributed by atoms with E-state index in [4.69, 9.17) is 5.11 Å². The second kappa shape index (κ2) is 9.50. The van der Waals surface area contributed by atoms with Crippen LogP contribution < -0.4 is 0 Å². The highest BCUT2D eigenvalue weighted by atomic mass is 16.4. The molecule has 0 aliphatic carbocycles. The molecular formula is C16H28O7. The van der Waals surface area contributed by atoms with E-state index >= 15 is 0 Å². The van der Waals surface area contributed by atoms with Gasteiger partial charge in [-0.1, -0.05) is 19.8 Å². The number of rotatable bonds is 12. The summed E-state index contributed by atoms with van der Waals surface area (Å²) in [6.07, 6.45) is 1.45. The van der Waals surface area contributed by atoms with Crippen LogP contribution in [0.1, 0.15) is 59.3 Å². The van der Waals surface area contributed by atoms with Crippen LogP contribution in [-0.4, -0.2) is 44.4 Å². The molecule has 4 N–H and O–H groups in total. The van der Waals surface area contributed by atoms with Gasteiger partial charge in [0.2, 0.25) is 0 Å². The van der Waals surface area contributed by atoms with Gasteiger partial charge in [-0.2, -0.15) is 0 Å². The fourth-order valence-electron chi connectivity index (χ4n) is 2.71. The Hall–Kier alpha value is -1.63. The van der Waals surface area contributed by atoms with Crippen LogP contribution in [0, 0.1) is 17.3 Å². The lowest BCUT2D eigenvalue weighted by atomic mass is 9.74. The third kappa shape index (κ3) is 7.97. The van der Waals surface area contributed by atoms with E-state index in [1.165, 1.54) is 13.8 Å². The van der Waals surface area contributed by atoms with Crippen molar-refractivity contribution in [2.75, 3.05) is 0 Å². The van der Waals surface area contributed by atoms with Crippen molar-refractivity contribution in [2.45, 2.75) is 65.4 Å². The second-order valence-electron chi connectivity index (χ2n) is 6.68. The predicted molar refractivity (Wildman–Crippen MR) is 83.1 cm³/mol. The van der Waals surface area contributed by atoms with Gasteiger partial charge in [0, 0.05) is 0 Å². The molecule has 4 unspecified atom stereocenters. The zero-order valence-electron chi connectivity index (χ0n) is 14.0. The fraction of sp³-hybridized carbons (Fsp3) is 0.812. The van der Waals surface area contributed by atoms with Crippen LogP contribution in [0.4, 0.5) is 0 Å². The molecule has 0 saturated carbocycles. The van der Waals surface area contributed by atoms with E-state index in [1.807, 2.05) is 0 Å². The summed E-state index contributed by atoms with van der Waals surface area (Å²) < 4.78 is 0. The number of hydrogen-bond acceptors (Lipinski definition) is 4. The number of aliphatic carboxylic acids is 3. The molecule has 134 valence electrons. The number of hydrogen-bond donors (Lipinski definition) is 4. The van der Waals surface area contributed by atoms with E-state index in [9.17, 15) is 29.7 Å². The molecule has 7 nitrogen and oxygen atoms in total. The molecule has 0 fully saturated rings. The maximum Gasteiger partial charge on any atom is 0.309 e. The molecule has 7 heteroatoms. The molecule has 0 radical (unpaired) electrons. The van der Waals surface area contributed by atoms with Crippen LogP contribution in [0.3, 0.4) is 0 Å². The van der Waals surface area contributed by atoms with E-state index in [1.54, 1.807) is 6.92 Å². The third-order valence-corrected chi connectivity index (χ3v) is 4.17. The smallest absolute Gasteiger partial charge is 0.309 e. The highest BCUT2D eigenvalue weighted by Gasteiger charge is 2.40. The zero-order valence-corrected chi connectivity index (χ0v) is 14.0. The van der Waals surface area contributed by atoms with Crippen molar-refractivity contribution in [3.8, 4) is 0 Å². The SMILES string of the molecule is CC(O)CCCCC(CC(C)(CC(C)C(=O)O)C(=O)O)C(=O)O. The van der Waals surface area contributed by atoms with E-state index in [0.29, 0.717) is 25.7 Å². The van der Waals surface area contributed by atoms with Gasteiger partial charge in [-0.25, -0.2) is 0 Å². The standard InChI is InChI=1S/C16H28O7/c1-10(13(18)19)8-16(3,15(22)23)9-12(14(20)21)7-5-4-6-11(2)17/h10-12,17H,4-9H2,1-3H3,(H,18,19)(H,20,21)(H,22,23). The first-order valence-corrected chi connectivity index (χ1v) is 7.86. The summed E-state index contributed by atoms with van der Waals surface area (Å²) in [6, 6.07) is 0. The molecule has 0 aromatic heterocycles. The Morgan fingerprint density at radius 3 is 1.83 bits per heavy atom. The molecule has 0 aliphatic rings. The van der Waals surface area contributed by atoms with E-state index < -0.39 is 41.3 Å². The van der Waals surface area contributed by atoms with Crippen molar-refractivity contribution in [1.82, 2.24) is 0 Å². The maximum absolute atomic E-state index is 11.5. The summed E-state index contributed by atoms with van der Waals surface area (Å²) in [7, 11) is 0. The lowest BCUT2D eigenvalue weighted by molar-refractivity contribution is -0.154. The van der Waals surface area contributed by atoms with E-state index in [2.05, 4.69) is 0 Å². The van der Waals surface area contributed by atoms with Gasteiger partial charge in [-0.3, -0.25) is 14.4 Å². The van der Waals surface area contributed by atoms with Crippen LogP contribution in [0.15, 0.2) is 0 Å². The molecule has 0 bridgehead atoms. The number of aliphatic hydroxyl groups is 1. The van der Waals surface area contributed by atoms with Crippen molar-refractivity contribution in [2.24, 2.45) is 17.3 Å². The molecule has 0 aromatic rings. The molecule has 4 atom stereocenters. The maximum atomic E-state index is 11.5. The highest BCUT2D eigenvalue weighted by Crippen LogP contribution is 2.35. The van der Waals surface area contributed by atoms with Crippen LogP contribution in [0.2, 0.25) is 0 Å². The summed E-state index contributed by atoms with van der Waals surface area (Å²) in [4.78, 5) is 33.9. The number of aliphatic hydroxyl groups excluding tert-OH is 1. The average Bonchev–Trinajstić information content (AvgIpc) is 2.41. The molecule has 0 aliphatic heterocycles. The average molecular weight is 332 g/mol. The normalized spacial score (nSPS) is 17.7. The Balaban J connectivity index is 4.85. The van der Waals surface area contributed by atoms with Crippen LogP contribution in [0.5, 0.6) is 0 Å². The molecule has 23 heavy (non-hydrogen) atoms. The topological polar surface area (TPSA) is 132 Å². The first kappa shape index (κ1) is 21.4. The van der Waals surface area contributed by atoms with Gasteiger partial charge >= 0.3 is 17.9 Å². The molecule has 0 aromatic carbocycles. The van der Waals surface area contributed by atoms with E-state index in [0.717, 1.165) is 0 Å². The van der Waals surface area contributed by atoms with Gasteiger partial charge in [0.05, 0.1) is 23.4 Å². The Kier molecular flexibility index (Phi) is 8.82. The van der Waals surface area contributed by atoms with Gasteiger partial charge in [-0.05, 0) is 39.5 Å². The van der Waals surface area contributed by atoms with Crippen molar-refractivity contribution in [3.05, 3.63) is 0 Å². The first-order chi connectivity index (χ1) is 10.5. The number of unbranched alkanes of at least 4 members (excludes halogenated alkanes) is 1. The number of carbonyl (C=O) groups is 3. The second-order valence-corrected chi connectivity index (χ2v) is 6.68. The van der Waals surface area contributed by atoms with Gasteiger partial charge in [0.25, 0.3) is 0 Å². The van der Waals surface area contributed by atoms with Crippen molar-refractivity contribution >= 4 is 17.9 Å². The largest absolute Gasteiger partial charge is 0.481 e. The van der Waals surface area contributed by atoms with Crippen LogP contribution in [-0.2, 0) is 14.4 Å². The molecular weight excluding hydrogens is 304 g/mol. The molecule has 0 spiro atoms. The number of carboxylic acids is 3. The monoisotopic (exact) mass is 332 g/mol. The lowest BCUT2D eigenvalue weighted by Crippen LogP contribution is -2.35. The summed E-state index contributed by atoms with van der Waals surface area (Å²) >= 11 is 0. The van der Waals surface area contributed by atoms with Crippen LogP contribution in [0.25, 0.3) is 0 Å². The highest BCUT2D eigenvalue weighted by molar-refractivity contribution is 5.78. The summed E-state index contributed by atoms with van der Waals surface area (Å²) in [5.74, 6) is -5.05. The molecule has 0 amide bonds. The molecule has 0 heterocycles. The van der Waals surface area contributed by atoms with Crippen molar-refractivity contribution in [3.63, 3.8) is 0 Å². The van der Waals surface area contributed by atoms with Crippen molar-refractivity contribution in [1.29, 1.82) is 0 Å². The summed E-state index contributed by atoms with van der Waals surface area (Å²) in [5, 5.41) is 36.9. The molecule has 0 saturated heterocycles. The first-order valence-electron chi connectivity index (χ1n) is 7.86. The quantitative estimate of drug-likeness (QED) is 0.403. The van der Waals surface area contributed by atoms with Gasteiger partial charge in [0.1, 0.15) is 0 Å². The number of carboxylic acid groups (broad SMARTS) is 3. The predicted octanol–water partition coefficient (Wildman–Crippen LogP) is 2.22. The van der Waals surface area contributed by atoms with Crippen molar-refractivity contribution < 1.29 is 34.8 Å². The van der Waals surface area contributed by atoms with E-state index in [-0.39, 0.29) is 12.8 Å². The minimum Gasteiger partial charge on any atom is -0.481 e.